The second kappa shape index (κ2) is 5.36. The van der Waals surface area contributed by atoms with Gasteiger partial charge in [-0.1, -0.05) is 18.2 Å². The van der Waals surface area contributed by atoms with Crippen LogP contribution in [0.5, 0.6) is 0 Å². The molecule has 0 aromatic heterocycles. The van der Waals surface area contributed by atoms with Gasteiger partial charge in [0.2, 0.25) is 5.91 Å². The molecule has 2 saturated heterocycles. The molecule has 1 amide bonds. The molecule has 22 heavy (non-hydrogen) atoms. The molecule has 2 heterocycles. The number of aryl methyl sites for hydroxylation is 2. The first kappa shape index (κ1) is 14.2. The topological polar surface area (TPSA) is 49.8 Å². The van der Waals surface area contributed by atoms with Gasteiger partial charge in [0, 0.05) is 13.2 Å². The lowest BCUT2D eigenvalue weighted by Crippen LogP contribution is -2.41. The molecule has 4 nitrogen and oxygen atoms in total. The van der Waals surface area contributed by atoms with Crippen LogP contribution in [0.1, 0.15) is 36.0 Å². The average Bonchev–Trinajstić information content (AvgIpc) is 3.21. The van der Waals surface area contributed by atoms with E-state index in [0.29, 0.717) is 26.1 Å². The number of hydrogen-bond acceptors (Lipinski definition) is 3. The number of carbonyl (C=O) groups is 1. The van der Waals surface area contributed by atoms with Crippen molar-refractivity contribution >= 4 is 5.91 Å². The molecule has 1 aromatic carbocycles. The van der Waals surface area contributed by atoms with Gasteiger partial charge in [0.1, 0.15) is 11.7 Å². The molecule has 1 spiro atoms. The Morgan fingerprint density at radius 2 is 2.18 bits per heavy atom. The van der Waals surface area contributed by atoms with E-state index in [4.69, 9.17) is 4.74 Å². The van der Waals surface area contributed by atoms with Crippen LogP contribution in [0.15, 0.2) is 18.2 Å². The van der Waals surface area contributed by atoms with Gasteiger partial charge >= 0.3 is 0 Å². The molecule has 3 aliphatic rings. The molecule has 0 radical (unpaired) electrons. The number of nitrogens with zero attached hydrogens (tertiary/aromatic N) is 1. The van der Waals surface area contributed by atoms with Gasteiger partial charge in [-0.15, -0.1) is 0 Å². The number of fused-ring (bicyclic) bond motifs is 1. The zero-order valence-electron chi connectivity index (χ0n) is 12.9. The Morgan fingerprint density at radius 3 is 3.00 bits per heavy atom. The Hall–Kier alpha value is -1.39. The zero-order valence-corrected chi connectivity index (χ0v) is 12.9. The number of amides is 1. The zero-order chi connectivity index (χ0) is 15.2. The van der Waals surface area contributed by atoms with Crippen molar-refractivity contribution < 1.29 is 14.6 Å². The molecule has 118 valence electrons. The molecule has 1 aromatic rings. The Bertz CT molecular complexity index is 592. The normalized spacial score (nSPS) is 30.2. The second-order valence-electron chi connectivity index (χ2n) is 6.94. The van der Waals surface area contributed by atoms with Crippen molar-refractivity contribution in [1.29, 1.82) is 0 Å². The van der Waals surface area contributed by atoms with Gasteiger partial charge in [-0.25, -0.2) is 0 Å². The number of aliphatic hydroxyl groups is 1. The Morgan fingerprint density at radius 1 is 1.32 bits per heavy atom. The molecule has 0 saturated carbocycles. The summed E-state index contributed by atoms with van der Waals surface area (Å²) in [5, 5.41) is 10.3. The van der Waals surface area contributed by atoms with Gasteiger partial charge in [-0.05, 0) is 48.8 Å². The van der Waals surface area contributed by atoms with Crippen LogP contribution in [-0.2, 0) is 28.8 Å². The third kappa shape index (κ3) is 2.34. The molecule has 2 aliphatic heterocycles. The summed E-state index contributed by atoms with van der Waals surface area (Å²) >= 11 is 0. The smallest absolute Gasteiger partial charge is 0.227 e. The Kier molecular flexibility index (Phi) is 3.46. The maximum atomic E-state index is 12.6. The van der Waals surface area contributed by atoms with E-state index in [-0.39, 0.29) is 5.91 Å². The SMILES string of the molecule is O=C(Cc1ccc2c(c1)CCC2)N1C[C@H](O)[C@]2(CCCO2)C1. The van der Waals surface area contributed by atoms with E-state index in [1.54, 1.807) is 4.90 Å². The third-order valence-electron chi connectivity index (χ3n) is 5.46. The van der Waals surface area contributed by atoms with Crippen LogP contribution in [0, 0.1) is 0 Å². The number of hydrogen-bond donors (Lipinski definition) is 1. The van der Waals surface area contributed by atoms with Crippen molar-refractivity contribution in [3.8, 4) is 0 Å². The van der Waals surface area contributed by atoms with Crippen LogP contribution in [-0.4, -0.2) is 47.3 Å². The van der Waals surface area contributed by atoms with Gasteiger partial charge in [0.25, 0.3) is 0 Å². The third-order valence-corrected chi connectivity index (χ3v) is 5.46. The van der Waals surface area contributed by atoms with E-state index >= 15 is 0 Å². The monoisotopic (exact) mass is 301 g/mol. The number of aliphatic hydroxyl groups excluding tert-OH is 1. The van der Waals surface area contributed by atoms with E-state index in [1.165, 1.54) is 24.0 Å². The van der Waals surface area contributed by atoms with E-state index in [9.17, 15) is 9.90 Å². The first-order valence-electron chi connectivity index (χ1n) is 8.37. The minimum atomic E-state index is -0.543. The fourth-order valence-corrected chi connectivity index (χ4v) is 4.19. The number of likely N-dealkylation sites (tertiary alicyclic amines) is 1. The van der Waals surface area contributed by atoms with Crippen LogP contribution < -0.4 is 0 Å². The number of rotatable bonds is 2. The molecular formula is C18H23NO3. The van der Waals surface area contributed by atoms with Crippen molar-refractivity contribution in [1.82, 2.24) is 4.90 Å². The lowest BCUT2D eigenvalue weighted by molar-refractivity contribution is -0.130. The highest BCUT2D eigenvalue weighted by Gasteiger charge is 2.50. The highest BCUT2D eigenvalue weighted by Crippen LogP contribution is 2.35. The first-order chi connectivity index (χ1) is 10.7. The molecule has 2 atom stereocenters. The Balaban J connectivity index is 1.44. The van der Waals surface area contributed by atoms with Crippen LogP contribution in [0.4, 0.5) is 0 Å². The summed E-state index contributed by atoms with van der Waals surface area (Å²) in [6, 6.07) is 6.44. The van der Waals surface area contributed by atoms with Gasteiger partial charge in [-0.3, -0.25) is 4.79 Å². The highest BCUT2D eigenvalue weighted by atomic mass is 16.5. The standard InChI is InChI=1S/C18H23NO3/c20-16-11-19(12-18(16)7-2-8-22-18)17(21)10-13-5-6-14-3-1-4-15(14)9-13/h5-6,9,16,20H,1-4,7-8,10-12H2/t16-,18-/m0/s1. The van der Waals surface area contributed by atoms with Crippen LogP contribution in [0.25, 0.3) is 0 Å². The molecule has 0 unspecified atom stereocenters. The maximum absolute atomic E-state index is 12.6. The van der Waals surface area contributed by atoms with E-state index in [0.717, 1.165) is 24.8 Å². The number of carbonyl (C=O) groups excluding carboxylic acids is 1. The summed E-state index contributed by atoms with van der Waals surface area (Å²) in [6.45, 7) is 1.64. The predicted octanol–water partition coefficient (Wildman–Crippen LogP) is 1.47. The Labute approximate surface area is 131 Å². The fraction of sp³-hybridized carbons (Fsp3) is 0.611. The average molecular weight is 301 g/mol. The quantitative estimate of drug-likeness (QED) is 0.900. The molecule has 4 rings (SSSR count). The highest BCUT2D eigenvalue weighted by molar-refractivity contribution is 5.79. The minimum Gasteiger partial charge on any atom is -0.388 e. The molecular weight excluding hydrogens is 278 g/mol. The maximum Gasteiger partial charge on any atom is 0.227 e. The van der Waals surface area contributed by atoms with E-state index in [2.05, 4.69) is 18.2 Å². The van der Waals surface area contributed by atoms with Gasteiger partial charge in [0.15, 0.2) is 0 Å². The number of benzene rings is 1. The van der Waals surface area contributed by atoms with E-state index in [1.807, 2.05) is 0 Å². The second-order valence-corrected chi connectivity index (χ2v) is 6.94. The van der Waals surface area contributed by atoms with Crippen molar-refractivity contribution in [3.63, 3.8) is 0 Å². The fourth-order valence-electron chi connectivity index (χ4n) is 4.19. The summed E-state index contributed by atoms with van der Waals surface area (Å²) in [5.41, 5.74) is 3.44. The van der Waals surface area contributed by atoms with Crippen LogP contribution >= 0.6 is 0 Å². The van der Waals surface area contributed by atoms with Crippen molar-refractivity contribution in [2.75, 3.05) is 19.7 Å². The van der Waals surface area contributed by atoms with Gasteiger partial charge < -0.3 is 14.7 Å². The molecule has 0 bridgehead atoms. The predicted molar refractivity (Wildman–Crippen MR) is 82.7 cm³/mol. The van der Waals surface area contributed by atoms with Crippen LogP contribution in [0.2, 0.25) is 0 Å². The largest absolute Gasteiger partial charge is 0.388 e. The molecule has 1 aliphatic carbocycles. The number of ether oxygens (including phenoxy) is 1. The lowest BCUT2D eigenvalue weighted by atomic mass is 9.97. The lowest BCUT2D eigenvalue weighted by Gasteiger charge is -2.25. The summed E-state index contributed by atoms with van der Waals surface area (Å²) in [6.07, 6.45) is 5.25. The molecule has 1 N–H and O–H groups in total. The summed E-state index contributed by atoms with van der Waals surface area (Å²) in [4.78, 5) is 14.3. The summed E-state index contributed by atoms with van der Waals surface area (Å²) < 4.78 is 5.76. The van der Waals surface area contributed by atoms with Crippen molar-refractivity contribution in [3.05, 3.63) is 34.9 Å². The molecule has 2 fully saturated rings. The van der Waals surface area contributed by atoms with E-state index < -0.39 is 11.7 Å². The van der Waals surface area contributed by atoms with Crippen molar-refractivity contribution in [2.45, 2.75) is 50.2 Å². The summed E-state index contributed by atoms with van der Waals surface area (Å²) in [5.74, 6) is 0.101. The summed E-state index contributed by atoms with van der Waals surface area (Å²) in [7, 11) is 0. The minimum absolute atomic E-state index is 0.101. The first-order valence-corrected chi connectivity index (χ1v) is 8.37. The number of β-amino-alcohol motifs (C(OH)–C–C–N with tert-alkyl or cyclic N) is 1. The van der Waals surface area contributed by atoms with Crippen LogP contribution in [0.3, 0.4) is 0 Å². The van der Waals surface area contributed by atoms with Gasteiger partial charge in [-0.2, -0.15) is 0 Å². The van der Waals surface area contributed by atoms with Crippen molar-refractivity contribution in [2.24, 2.45) is 0 Å². The van der Waals surface area contributed by atoms with Gasteiger partial charge in [0.05, 0.1) is 13.0 Å². The molecule has 4 heteroatoms.